The number of ketones is 1. The van der Waals surface area contributed by atoms with Crippen LogP contribution >= 0.6 is 11.8 Å². The number of amides is 1. The van der Waals surface area contributed by atoms with Crippen LogP contribution in [-0.2, 0) is 4.79 Å². The number of nitro groups is 1. The number of carbonyl (C=O) groups is 2. The number of nitrogens with one attached hydrogen (secondary N) is 1. The Labute approximate surface area is 171 Å². The van der Waals surface area contributed by atoms with E-state index in [4.69, 9.17) is 0 Å². The van der Waals surface area contributed by atoms with E-state index in [1.165, 1.54) is 30.8 Å². The third-order valence-electron chi connectivity index (χ3n) is 4.21. The van der Waals surface area contributed by atoms with E-state index < -0.39 is 4.92 Å². The molecule has 29 heavy (non-hydrogen) atoms. The van der Waals surface area contributed by atoms with E-state index in [1.54, 1.807) is 31.3 Å². The lowest BCUT2D eigenvalue weighted by atomic mass is 9.98. The van der Waals surface area contributed by atoms with Gasteiger partial charge in [0.25, 0.3) is 11.6 Å². The second kappa shape index (κ2) is 8.78. The van der Waals surface area contributed by atoms with Gasteiger partial charge in [0, 0.05) is 36.7 Å². The summed E-state index contributed by atoms with van der Waals surface area (Å²) >= 11 is 1.32. The molecule has 1 heterocycles. The summed E-state index contributed by atoms with van der Waals surface area (Å²) in [6.45, 7) is 1.51. The highest BCUT2D eigenvalue weighted by Gasteiger charge is 2.19. The van der Waals surface area contributed by atoms with Gasteiger partial charge in [-0.05, 0) is 36.2 Å². The molecule has 1 aliphatic heterocycles. The van der Waals surface area contributed by atoms with Crippen LogP contribution in [0.25, 0.3) is 11.1 Å². The van der Waals surface area contributed by atoms with Crippen LogP contribution in [0.3, 0.4) is 0 Å². The van der Waals surface area contributed by atoms with E-state index in [-0.39, 0.29) is 17.4 Å². The molecule has 0 bridgehead atoms. The Morgan fingerprint density at radius 2 is 1.79 bits per heavy atom. The molecule has 0 unspecified atom stereocenters. The van der Waals surface area contributed by atoms with Crippen molar-refractivity contribution in [2.45, 2.75) is 13.3 Å². The van der Waals surface area contributed by atoms with Crippen LogP contribution in [0.4, 0.5) is 5.69 Å². The van der Waals surface area contributed by atoms with Crippen LogP contribution in [0, 0.1) is 10.1 Å². The first-order valence-electron chi connectivity index (χ1n) is 8.75. The van der Waals surface area contributed by atoms with Gasteiger partial charge in [-0.3, -0.25) is 19.7 Å². The number of carbonyl (C=O) groups excluding carboxylic acids is 2. The molecule has 1 aliphatic rings. The highest BCUT2D eigenvalue weighted by molar-refractivity contribution is 8.14. The van der Waals surface area contributed by atoms with Crippen molar-refractivity contribution in [3.63, 3.8) is 0 Å². The second-order valence-electron chi connectivity index (χ2n) is 6.39. The summed E-state index contributed by atoms with van der Waals surface area (Å²) in [6, 6.07) is 11.6. The average molecular weight is 410 g/mol. The Hall–Kier alpha value is -3.33. The van der Waals surface area contributed by atoms with Crippen molar-refractivity contribution in [3.05, 3.63) is 63.7 Å². The summed E-state index contributed by atoms with van der Waals surface area (Å²) in [6.07, 6.45) is 0.425. The lowest BCUT2D eigenvalue weighted by Crippen LogP contribution is -2.17. The first-order chi connectivity index (χ1) is 13.9. The Morgan fingerprint density at radius 1 is 1.10 bits per heavy atom. The zero-order chi connectivity index (χ0) is 21.0. The molecule has 0 saturated carbocycles. The minimum absolute atomic E-state index is 0.0454. The normalized spacial score (nSPS) is 12.9. The molecule has 8 nitrogen and oxygen atoms in total. The largest absolute Gasteiger partial charge is 0.355 e. The fraction of sp³-hybridized carbons (Fsp3) is 0.200. The summed E-state index contributed by atoms with van der Waals surface area (Å²) in [5.74, 6) is 0.160. The summed E-state index contributed by atoms with van der Waals surface area (Å²) in [7, 11) is 1.55. The summed E-state index contributed by atoms with van der Waals surface area (Å²) in [4.78, 5) is 33.8. The van der Waals surface area contributed by atoms with Gasteiger partial charge in [0.05, 0.1) is 16.4 Å². The Bertz CT molecular complexity index is 1040. The predicted octanol–water partition coefficient (Wildman–Crippen LogP) is 3.45. The van der Waals surface area contributed by atoms with Crippen LogP contribution in [0.5, 0.6) is 0 Å². The summed E-state index contributed by atoms with van der Waals surface area (Å²) < 4.78 is 0. The van der Waals surface area contributed by atoms with E-state index in [0.717, 1.165) is 5.56 Å². The molecule has 9 heteroatoms. The topological polar surface area (TPSA) is 114 Å². The van der Waals surface area contributed by atoms with Gasteiger partial charge in [-0.1, -0.05) is 12.1 Å². The van der Waals surface area contributed by atoms with Gasteiger partial charge in [-0.15, -0.1) is 16.9 Å². The van der Waals surface area contributed by atoms with Crippen molar-refractivity contribution in [1.29, 1.82) is 0 Å². The van der Waals surface area contributed by atoms with Gasteiger partial charge >= 0.3 is 0 Å². The van der Waals surface area contributed by atoms with Crippen molar-refractivity contribution in [2.24, 2.45) is 10.2 Å². The molecule has 0 atom stereocenters. The van der Waals surface area contributed by atoms with Crippen molar-refractivity contribution < 1.29 is 14.5 Å². The zero-order valence-corrected chi connectivity index (χ0v) is 16.7. The van der Waals surface area contributed by atoms with Crippen LogP contribution in [-0.4, -0.2) is 40.2 Å². The Morgan fingerprint density at radius 3 is 2.41 bits per heavy atom. The maximum Gasteiger partial charge on any atom is 0.270 e. The van der Waals surface area contributed by atoms with E-state index in [0.29, 0.717) is 39.6 Å². The van der Waals surface area contributed by atoms with Crippen LogP contribution in [0.15, 0.2) is 52.7 Å². The second-order valence-corrected chi connectivity index (χ2v) is 7.44. The Kier molecular flexibility index (Phi) is 6.18. The lowest BCUT2D eigenvalue weighted by molar-refractivity contribution is -0.384. The Balaban J connectivity index is 1.89. The quantitative estimate of drug-likeness (QED) is 0.579. The number of rotatable bonds is 6. The number of hydrogen-bond donors (Lipinski definition) is 1. The van der Waals surface area contributed by atoms with Gasteiger partial charge in [-0.25, -0.2) is 0 Å². The molecule has 3 rings (SSSR count). The first-order valence-corrected chi connectivity index (χ1v) is 9.74. The maximum atomic E-state index is 11.7. The predicted molar refractivity (Wildman–Crippen MR) is 114 cm³/mol. The number of nitrogens with zero attached hydrogens (tertiary/aromatic N) is 3. The molecule has 2 aromatic rings. The smallest absolute Gasteiger partial charge is 0.270 e. The lowest BCUT2D eigenvalue weighted by Gasteiger charge is -2.08. The number of hydrogen-bond acceptors (Lipinski definition) is 7. The molecular formula is C20H18N4O4S. The van der Waals surface area contributed by atoms with Gasteiger partial charge in [-0.2, -0.15) is 5.10 Å². The minimum Gasteiger partial charge on any atom is -0.355 e. The van der Waals surface area contributed by atoms with E-state index in [1.807, 2.05) is 6.07 Å². The molecule has 0 radical (unpaired) electrons. The van der Waals surface area contributed by atoms with Crippen molar-refractivity contribution >= 4 is 39.9 Å². The molecule has 0 spiro atoms. The fourth-order valence-corrected chi connectivity index (χ4v) is 3.47. The molecule has 0 aromatic heterocycles. The third kappa shape index (κ3) is 4.94. The van der Waals surface area contributed by atoms with Crippen molar-refractivity contribution in [3.8, 4) is 11.1 Å². The molecule has 148 valence electrons. The van der Waals surface area contributed by atoms with Gasteiger partial charge in [0.15, 0.2) is 0 Å². The third-order valence-corrected chi connectivity index (χ3v) is 5.32. The van der Waals surface area contributed by atoms with Gasteiger partial charge in [0.1, 0.15) is 10.8 Å². The van der Waals surface area contributed by atoms with Crippen molar-refractivity contribution in [2.75, 3.05) is 12.8 Å². The number of non-ortho nitro benzene ring substituents is 1. The fourth-order valence-electron chi connectivity index (χ4n) is 2.76. The first kappa shape index (κ1) is 20.4. The van der Waals surface area contributed by atoms with Crippen LogP contribution in [0.2, 0.25) is 0 Å². The number of nitro benzene ring substituents is 1. The molecule has 2 aromatic carbocycles. The molecule has 0 aliphatic carbocycles. The SMILES string of the molecule is CNC(=O)c1ccc(-c2cc(C3=NN=C(SCC(C)=O)C3)cc([N+](=O)[O-])c2)cc1. The van der Waals surface area contributed by atoms with E-state index in [9.17, 15) is 19.7 Å². The molecule has 1 N–H and O–H groups in total. The highest BCUT2D eigenvalue weighted by atomic mass is 32.2. The summed E-state index contributed by atoms with van der Waals surface area (Å²) in [5, 5.41) is 22.9. The maximum absolute atomic E-state index is 11.7. The zero-order valence-electron chi connectivity index (χ0n) is 15.8. The standard InChI is InChI=1S/C20H18N4O4S/c1-12(25)11-29-19-10-18(22-23-19)16-7-15(8-17(9-16)24(27)28)13-3-5-14(6-4-13)20(26)21-2/h3-9H,10-11H2,1-2H3,(H,21,26). The number of benzene rings is 2. The van der Waals surface area contributed by atoms with E-state index in [2.05, 4.69) is 15.5 Å². The monoisotopic (exact) mass is 410 g/mol. The van der Waals surface area contributed by atoms with Crippen LogP contribution < -0.4 is 5.32 Å². The summed E-state index contributed by atoms with van der Waals surface area (Å²) in [5.41, 5.74) is 3.05. The average Bonchev–Trinajstić information content (AvgIpc) is 3.20. The van der Waals surface area contributed by atoms with Crippen LogP contribution in [0.1, 0.15) is 29.3 Å². The van der Waals surface area contributed by atoms with Gasteiger partial charge in [0.2, 0.25) is 0 Å². The molecule has 1 amide bonds. The van der Waals surface area contributed by atoms with Gasteiger partial charge < -0.3 is 5.32 Å². The molecule has 0 saturated heterocycles. The minimum atomic E-state index is -0.451. The number of Topliss-reactive ketones (excluding diaryl/α,β-unsaturated/α-hetero) is 1. The molecular weight excluding hydrogens is 392 g/mol. The highest BCUT2D eigenvalue weighted by Crippen LogP contribution is 2.29. The molecule has 0 fully saturated rings. The number of thioether (sulfide) groups is 1. The van der Waals surface area contributed by atoms with Crippen molar-refractivity contribution in [1.82, 2.24) is 5.32 Å². The van der Waals surface area contributed by atoms with E-state index >= 15 is 0 Å².